The molecule has 0 radical (unpaired) electrons. The van der Waals surface area contributed by atoms with E-state index in [1.807, 2.05) is 0 Å². The molecule has 0 spiro atoms. The lowest BCUT2D eigenvalue weighted by atomic mass is 9.90. The number of H-pyrrole nitrogens is 1. The number of fused-ring (bicyclic) bond motifs is 1. The van der Waals surface area contributed by atoms with Gasteiger partial charge < -0.3 is 10.1 Å². The molecule has 1 saturated heterocycles. The van der Waals surface area contributed by atoms with Gasteiger partial charge in [0.05, 0.1) is 12.2 Å². The molecule has 2 aliphatic rings. The number of thioether (sulfide) groups is 1. The van der Waals surface area contributed by atoms with Crippen molar-refractivity contribution < 1.29 is 9.53 Å². The van der Waals surface area contributed by atoms with Crippen LogP contribution in [0.15, 0.2) is 35.7 Å². The highest BCUT2D eigenvalue weighted by Gasteiger charge is 2.49. The largest absolute Gasteiger partial charge is 0.373 e. The van der Waals surface area contributed by atoms with E-state index >= 15 is 0 Å². The predicted molar refractivity (Wildman–Crippen MR) is 108 cm³/mol. The van der Waals surface area contributed by atoms with Crippen molar-refractivity contribution in [3.05, 3.63) is 41.7 Å². The zero-order valence-electron chi connectivity index (χ0n) is 16.4. The van der Waals surface area contributed by atoms with Crippen LogP contribution >= 0.6 is 11.8 Å². The zero-order chi connectivity index (χ0) is 19.6. The smallest absolute Gasteiger partial charge is 0.241 e. The molecule has 1 amide bonds. The van der Waals surface area contributed by atoms with Crippen LogP contribution in [-0.2, 0) is 22.4 Å². The van der Waals surface area contributed by atoms with E-state index in [1.54, 1.807) is 11.8 Å². The van der Waals surface area contributed by atoms with E-state index in [4.69, 9.17) is 4.74 Å². The summed E-state index contributed by atoms with van der Waals surface area (Å²) in [6.45, 7) is 6.32. The van der Waals surface area contributed by atoms with Crippen LogP contribution in [0, 0.1) is 0 Å². The number of ether oxygens (including phenoxy) is 1. The minimum absolute atomic E-state index is 0.114. The average molecular weight is 402 g/mol. The first-order valence-electron chi connectivity index (χ1n) is 9.80. The number of carbonyl (C=O) groups is 1. The number of hydrogen-bond donors (Lipinski definition) is 2. The van der Waals surface area contributed by atoms with Gasteiger partial charge in [-0.1, -0.05) is 36.0 Å². The van der Waals surface area contributed by atoms with Crippen molar-refractivity contribution in [3.63, 3.8) is 0 Å². The van der Waals surface area contributed by atoms with Crippen LogP contribution in [0.5, 0.6) is 0 Å². The number of benzene rings is 1. The molecule has 1 aliphatic heterocycles. The topological polar surface area (TPSA) is 83.1 Å². The van der Waals surface area contributed by atoms with Gasteiger partial charge in [0, 0.05) is 38.2 Å². The number of hydrogen-bond acceptors (Lipinski definition) is 6. The van der Waals surface area contributed by atoms with Crippen molar-refractivity contribution in [3.8, 4) is 0 Å². The molecule has 1 aromatic carbocycles. The molecule has 2 atom stereocenters. The molecular weight excluding hydrogens is 374 g/mol. The van der Waals surface area contributed by atoms with Crippen LogP contribution in [0.2, 0.25) is 0 Å². The van der Waals surface area contributed by atoms with Crippen LogP contribution in [0.25, 0.3) is 0 Å². The van der Waals surface area contributed by atoms with Crippen LogP contribution in [0.1, 0.15) is 25.0 Å². The molecular formula is C20H27N5O2S. The molecule has 1 fully saturated rings. The van der Waals surface area contributed by atoms with Crippen LogP contribution < -0.4 is 5.32 Å². The highest BCUT2D eigenvalue weighted by atomic mass is 32.2. The highest BCUT2D eigenvalue weighted by molar-refractivity contribution is 7.99. The molecule has 2 heterocycles. The van der Waals surface area contributed by atoms with E-state index in [9.17, 15) is 4.79 Å². The Bertz CT molecular complexity index is 778. The van der Waals surface area contributed by atoms with Gasteiger partial charge in [0.2, 0.25) is 5.91 Å². The summed E-state index contributed by atoms with van der Waals surface area (Å²) in [7, 11) is 0. The fraction of sp³-hybridized carbons (Fsp3) is 0.550. The van der Waals surface area contributed by atoms with Gasteiger partial charge >= 0.3 is 0 Å². The normalized spacial score (nSPS) is 24.1. The minimum Gasteiger partial charge on any atom is -0.373 e. The fourth-order valence-corrected chi connectivity index (χ4v) is 5.03. The molecule has 0 unspecified atom stereocenters. The second-order valence-electron chi connectivity index (χ2n) is 7.71. The lowest BCUT2D eigenvalue weighted by Gasteiger charge is -2.45. The summed E-state index contributed by atoms with van der Waals surface area (Å²) < 4.78 is 5.92. The van der Waals surface area contributed by atoms with E-state index in [1.165, 1.54) is 17.5 Å². The van der Waals surface area contributed by atoms with Crippen LogP contribution in [0.3, 0.4) is 0 Å². The Kier molecular flexibility index (Phi) is 5.70. The first kappa shape index (κ1) is 19.4. The van der Waals surface area contributed by atoms with E-state index in [0.717, 1.165) is 36.8 Å². The molecule has 8 heteroatoms. The van der Waals surface area contributed by atoms with Gasteiger partial charge in [0.25, 0.3) is 0 Å². The molecule has 2 N–H and O–H groups in total. The van der Waals surface area contributed by atoms with Crippen molar-refractivity contribution in [1.29, 1.82) is 0 Å². The standard InChI is InChI=1S/C20H27N5O2S/c1-14-11-25(12-15(2)27-14)20(9-16-5-3-4-6-17(16)10-20)18(26)21-7-8-28-19-22-13-23-24-19/h3-6,13-15H,7-12H2,1-2H3,(H,21,26)(H,22,23,24)/t14-,15+. The molecule has 7 nitrogen and oxygen atoms in total. The van der Waals surface area contributed by atoms with Gasteiger partial charge in [0.15, 0.2) is 5.16 Å². The Morgan fingerprint density at radius 3 is 2.57 bits per heavy atom. The Hall–Kier alpha value is -1.90. The summed E-state index contributed by atoms with van der Waals surface area (Å²) in [5, 5.41) is 10.6. The number of rotatable bonds is 6. The molecule has 28 heavy (non-hydrogen) atoms. The number of amides is 1. The number of nitrogens with zero attached hydrogens (tertiary/aromatic N) is 3. The van der Waals surface area contributed by atoms with Crippen LogP contribution in [0.4, 0.5) is 0 Å². The first-order valence-corrected chi connectivity index (χ1v) is 10.8. The van der Waals surface area contributed by atoms with Gasteiger partial charge in [-0.15, -0.1) is 0 Å². The molecule has 0 saturated carbocycles. The number of carbonyl (C=O) groups excluding carboxylic acids is 1. The van der Waals surface area contributed by atoms with Crippen LogP contribution in [-0.4, -0.2) is 69.1 Å². The van der Waals surface area contributed by atoms with Gasteiger partial charge in [0.1, 0.15) is 11.9 Å². The second kappa shape index (κ2) is 8.23. The first-order chi connectivity index (χ1) is 13.6. The SMILES string of the molecule is C[C@@H]1CN(C2(C(=O)NCCSc3ncn[nH]3)Cc3ccccc3C2)C[C@H](C)O1. The molecule has 150 valence electrons. The number of aromatic nitrogens is 3. The van der Waals surface area contributed by atoms with Crippen molar-refractivity contribution in [1.82, 2.24) is 25.4 Å². The summed E-state index contributed by atoms with van der Waals surface area (Å²) >= 11 is 1.56. The van der Waals surface area contributed by atoms with Gasteiger partial charge in [-0.2, -0.15) is 5.10 Å². The Labute approximate surface area is 169 Å². The quantitative estimate of drug-likeness (QED) is 0.566. The molecule has 2 aromatic rings. The van der Waals surface area contributed by atoms with Gasteiger partial charge in [-0.3, -0.25) is 14.8 Å². The van der Waals surface area contributed by atoms with Crippen molar-refractivity contribution in [2.45, 2.75) is 49.6 Å². The van der Waals surface area contributed by atoms with E-state index < -0.39 is 5.54 Å². The maximum Gasteiger partial charge on any atom is 0.241 e. The number of morpholine rings is 1. The molecule has 4 rings (SSSR count). The van der Waals surface area contributed by atoms with E-state index in [0.29, 0.717) is 6.54 Å². The fourth-order valence-electron chi connectivity index (χ4n) is 4.39. The summed E-state index contributed by atoms with van der Waals surface area (Å²) in [5.41, 5.74) is 2.02. The third-order valence-electron chi connectivity index (χ3n) is 5.55. The number of aromatic amines is 1. The monoisotopic (exact) mass is 401 g/mol. The van der Waals surface area contributed by atoms with E-state index in [2.05, 4.69) is 63.5 Å². The molecule has 0 bridgehead atoms. The lowest BCUT2D eigenvalue weighted by molar-refractivity contribution is -0.144. The Morgan fingerprint density at radius 2 is 1.96 bits per heavy atom. The summed E-state index contributed by atoms with van der Waals surface area (Å²) in [6, 6.07) is 8.42. The third kappa shape index (κ3) is 3.94. The van der Waals surface area contributed by atoms with Crippen molar-refractivity contribution in [2.75, 3.05) is 25.4 Å². The third-order valence-corrected chi connectivity index (χ3v) is 6.43. The maximum atomic E-state index is 13.5. The predicted octanol–water partition coefficient (Wildman–Crippen LogP) is 1.66. The summed E-state index contributed by atoms with van der Waals surface area (Å²) in [4.78, 5) is 19.9. The zero-order valence-corrected chi connectivity index (χ0v) is 17.2. The summed E-state index contributed by atoms with van der Waals surface area (Å²) in [5.74, 6) is 0.864. The minimum atomic E-state index is -0.535. The Morgan fingerprint density at radius 1 is 1.29 bits per heavy atom. The molecule has 1 aromatic heterocycles. The number of nitrogens with one attached hydrogen (secondary N) is 2. The van der Waals surface area contributed by atoms with Gasteiger partial charge in [-0.25, -0.2) is 4.98 Å². The van der Waals surface area contributed by atoms with Crippen molar-refractivity contribution in [2.24, 2.45) is 0 Å². The van der Waals surface area contributed by atoms with Crippen molar-refractivity contribution >= 4 is 17.7 Å². The maximum absolute atomic E-state index is 13.5. The second-order valence-corrected chi connectivity index (χ2v) is 8.79. The Balaban J connectivity index is 1.48. The average Bonchev–Trinajstić information content (AvgIpc) is 3.32. The lowest BCUT2D eigenvalue weighted by Crippen LogP contribution is -2.64. The molecule has 1 aliphatic carbocycles. The van der Waals surface area contributed by atoms with E-state index in [-0.39, 0.29) is 18.1 Å². The summed E-state index contributed by atoms with van der Waals surface area (Å²) in [6.07, 6.45) is 3.25. The highest BCUT2D eigenvalue weighted by Crippen LogP contribution is 2.36. The van der Waals surface area contributed by atoms with Gasteiger partial charge in [-0.05, 0) is 25.0 Å².